The van der Waals surface area contributed by atoms with E-state index in [0.717, 1.165) is 21.5 Å². The lowest BCUT2D eigenvalue weighted by molar-refractivity contribution is -0.116. The molecule has 1 amide bonds. The van der Waals surface area contributed by atoms with E-state index in [1.807, 2.05) is 18.2 Å². The zero-order valence-corrected chi connectivity index (χ0v) is 16.4. The van der Waals surface area contributed by atoms with Gasteiger partial charge in [0.1, 0.15) is 0 Å². The number of anilines is 1. The van der Waals surface area contributed by atoms with E-state index >= 15 is 0 Å². The van der Waals surface area contributed by atoms with E-state index in [0.29, 0.717) is 12.8 Å². The summed E-state index contributed by atoms with van der Waals surface area (Å²) < 4.78 is 2.50. The van der Waals surface area contributed by atoms with Gasteiger partial charge in [0.2, 0.25) is 5.91 Å². The predicted octanol–water partition coefficient (Wildman–Crippen LogP) is 4.47. The molecule has 1 heterocycles. The Morgan fingerprint density at radius 1 is 1.12 bits per heavy atom. The van der Waals surface area contributed by atoms with Crippen LogP contribution < -0.4 is 10.2 Å². The zero-order valence-electron chi connectivity index (χ0n) is 15.6. The van der Waals surface area contributed by atoms with Gasteiger partial charge in [-0.3, -0.25) is 9.59 Å². The maximum absolute atomic E-state index is 12.2. The first-order chi connectivity index (χ1) is 12.2. The number of hydrogen-bond donors (Lipinski definition) is 1. The van der Waals surface area contributed by atoms with Crippen LogP contribution in [0.4, 0.5) is 5.69 Å². The largest absolute Gasteiger partial charge is 0.326 e. The van der Waals surface area contributed by atoms with E-state index in [-0.39, 0.29) is 16.2 Å². The monoisotopic (exact) mass is 368 g/mol. The average Bonchev–Trinajstić information content (AvgIpc) is 2.86. The number of nitrogens with zero attached hydrogens (tertiary/aromatic N) is 1. The molecule has 1 N–H and O–H groups in total. The molecular formula is C21H24N2O2S. The van der Waals surface area contributed by atoms with Crippen LogP contribution in [-0.4, -0.2) is 10.5 Å². The molecular weight excluding hydrogens is 344 g/mol. The molecule has 0 aliphatic heterocycles. The van der Waals surface area contributed by atoms with E-state index in [1.54, 1.807) is 11.6 Å². The van der Waals surface area contributed by atoms with E-state index in [2.05, 4.69) is 50.4 Å². The molecule has 3 aromatic rings. The topological polar surface area (TPSA) is 51.1 Å². The lowest BCUT2D eigenvalue weighted by Gasteiger charge is -2.19. The maximum Gasteiger partial charge on any atom is 0.307 e. The molecule has 5 heteroatoms. The zero-order chi connectivity index (χ0) is 18.9. The minimum Gasteiger partial charge on any atom is -0.326 e. The van der Waals surface area contributed by atoms with Gasteiger partial charge in [0, 0.05) is 19.2 Å². The molecule has 3 rings (SSSR count). The van der Waals surface area contributed by atoms with Gasteiger partial charge in [0.05, 0.1) is 10.2 Å². The summed E-state index contributed by atoms with van der Waals surface area (Å²) in [7, 11) is 1.75. The van der Waals surface area contributed by atoms with E-state index < -0.39 is 0 Å². The first kappa shape index (κ1) is 18.4. The van der Waals surface area contributed by atoms with Crippen LogP contribution in [0.5, 0.6) is 0 Å². The third kappa shape index (κ3) is 4.05. The molecule has 0 saturated heterocycles. The molecule has 136 valence electrons. The average molecular weight is 369 g/mol. The number of carbonyl (C=O) groups excluding carboxylic acids is 1. The van der Waals surface area contributed by atoms with Crippen molar-refractivity contribution >= 4 is 33.1 Å². The van der Waals surface area contributed by atoms with Crippen LogP contribution in [0.3, 0.4) is 0 Å². The predicted molar refractivity (Wildman–Crippen MR) is 109 cm³/mol. The molecule has 0 unspecified atom stereocenters. The van der Waals surface area contributed by atoms with Gasteiger partial charge in [-0.2, -0.15) is 0 Å². The van der Waals surface area contributed by atoms with Gasteiger partial charge in [0.15, 0.2) is 0 Å². The van der Waals surface area contributed by atoms with Crippen molar-refractivity contribution in [3.8, 4) is 0 Å². The summed E-state index contributed by atoms with van der Waals surface area (Å²) in [6.07, 6.45) is 1.13. The van der Waals surface area contributed by atoms with Gasteiger partial charge >= 0.3 is 4.87 Å². The third-order valence-corrected chi connectivity index (χ3v) is 5.53. The number of aromatic nitrogens is 1. The Balaban J connectivity index is 1.61. The lowest BCUT2D eigenvalue weighted by atomic mass is 9.86. The third-order valence-electron chi connectivity index (χ3n) is 4.54. The van der Waals surface area contributed by atoms with Crippen LogP contribution in [0.1, 0.15) is 38.3 Å². The number of fused-ring (bicyclic) bond motifs is 1. The van der Waals surface area contributed by atoms with Crippen LogP contribution in [-0.2, 0) is 23.7 Å². The highest BCUT2D eigenvalue weighted by Crippen LogP contribution is 2.23. The summed E-state index contributed by atoms with van der Waals surface area (Å²) in [6, 6.07) is 14.0. The van der Waals surface area contributed by atoms with Gasteiger partial charge in [-0.1, -0.05) is 56.4 Å². The molecule has 1 aromatic heterocycles. The van der Waals surface area contributed by atoms with Gasteiger partial charge in [-0.15, -0.1) is 0 Å². The highest BCUT2D eigenvalue weighted by atomic mass is 32.1. The number of carbonyl (C=O) groups is 1. The van der Waals surface area contributed by atoms with E-state index in [4.69, 9.17) is 0 Å². The van der Waals surface area contributed by atoms with Gasteiger partial charge in [0.25, 0.3) is 0 Å². The standard InChI is InChI=1S/C21H24N2O2S/c1-21(2,3)15-8-5-14(6-9-15)7-12-19(24)22-16-10-11-17-18(13-16)26-20(25)23(17)4/h5-6,8-11,13H,7,12H2,1-4H3,(H,22,24). The van der Waals surface area contributed by atoms with Crippen molar-refractivity contribution in [2.45, 2.75) is 39.0 Å². The van der Waals surface area contributed by atoms with Gasteiger partial charge in [-0.05, 0) is 41.2 Å². The minimum atomic E-state index is -0.0208. The van der Waals surface area contributed by atoms with Crippen LogP contribution in [0.2, 0.25) is 0 Å². The first-order valence-electron chi connectivity index (χ1n) is 8.73. The number of hydrogen-bond acceptors (Lipinski definition) is 3. The second-order valence-electron chi connectivity index (χ2n) is 7.60. The summed E-state index contributed by atoms with van der Waals surface area (Å²) >= 11 is 1.19. The van der Waals surface area contributed by atoms with Crippen molar-refractivity contribution in [3.63, 3.8) is 0 Å². The van der Waals surface area contributed by atoms with Crippen LogP contribution in [0, 0.1) is 0 Å². The Hall–Kier alpha value is -2.40. The molecule has 0 fully saturated rings. The molecule has 0 atom stereocenters. The Kier molecular flexibility index (Phi) is 5.01. The molecule has 0 radical (unpaired) electrons. The van der Waals surface area contributed by atoms with Crippen molar-refractivity contribution in [1.82, 2.24) is 4.57 Å². The molecule has 4 nitrogen and oxygen atoms in total. The molecule has 26 heavy (non-hydrogen) atoms. The fourth-order valence-electron chi connectivity index (χ4n) is 2.86. The van der Waals surface area contributed by atoms with Crippen LogP contribution >= 0.6 is 11.3 Å². The number of benzene rings is 2. The molecule has 0 spiro atoms. The van der Waals surface area contributed by atoms with E-state index in [1.165, 1.54) is 16.9 Å². The van der Waals surface area contributed by atoms with E-state index in [9.17, 15) is 9.59 Å². The van der Waals surface area contributed by atoms with Crippen LogP contribution in [0.25, 0.3) is 10.2 Å². The molecule has 0 bridgehead atoms. The quantitative estimate of drug-likeness (QED) is 0.739. The Bertz CT molecular complexity index is 992. The summed E-state index contributed by atoms with van der Waals surface area (Å²) in [6.45, 7) is 6.57. The van der Waals surface area contributed by atoms with Crippen molar-refractivity contribution in [2.75, 3.05) is 5.32 Å². The van der Waals surface area contributed by atoms with Gasteiger partial charge < -0.3 is 9.88 Å². The second-order valence-corrected chi connectivity index (χ2v) is 8.60. The van der Waals surface area contributed by atoms with Crippen molar-refractivity contribution in [1.29, 1.82) is 0 Å². The smallest absolute Gasteiger partial charge is 0.307 e. The van der Waals surface area contributed by atoms with Gasteiger partial charge in [-0.25, -0.2) is 0 Å². The lowest BCUT2D eigenvalue weighted by Crippen LogP contribution is -2.13. The number of aryl methyl sites for hydroxylation is 2. The fraction of sp³-hybridized carbons (Fsp3) is 0.333. The number of thiazole rings is 1. The first-order valence-corrected chi connectivity index (χ1v) is 9.54. The molecule has 0 aliphatic carbocycles. The van der Waals surface area contributed by atoms with Crippen molar-refractivity contribution in [3.05, 3.63) is 63.3 Å². The molecule has 2 aromatic carbocycles. The number of nitrogens with one attached hydrogen (secondary N) is 1. The number of amides is 1. The Morgan fingerprint density at radius 3 is 2.46 bits per heavy atom. The summed E-state index contributed by atoms with van der Waals surface area (Å²) in [5.74, 6) is -0.0208. The Morgan fingerprint density at radius 2 is 1.81 bits per heavy atom. The van der Waals surface area contributed by atoms with Crippen molar-refractivity contribution < 1.29 is 4.79 Å². The van der Waals surface area contributed by atoms with Crippen LogP contribution in [0.15, 0.2) is 47.3 Å². The highest BCUT2D eigenvalue weighted by Gasteiger charge is 2.13. The molecule has 0 saturated carbocycles. The fourth-order valence-corrected chi connectivity index (χ4v) is 3.78. The molecule has 0 aliphatic rings. The maximum atomic E-state index is 12.2. The second kappa shape index (κ2) is 7.08. The summed E-state index contributed by atoms with van der Waals surface area (Å²) in [4.78, 5) is 24.0. The summed E-state index contributed by atoms with van der Waals surface area (Å²) in [5, 5.41) is 2.93. The SMILES string of the molecule is Cn1c(=O)sc2cc(NC(=O)CCc3ccc(C(C)(C)C)cc3)ccc21. The minimum absolute atomic E-state index is 0.00202. The highest BCUT2D eigenvalue weighted by molar-refractivity contribution is 7.16. The number of rotatable bonds is 4. The normalized spacial score (nSPS) is 11.7. The van der Waals surface area contributed by atoms with Crippen molar-refractivity contribution in [2.24, 2.45) is 7.05 Å². The summed E-state index contributed by atoms with van der Waals surface area (Å²) in [5.41, 5.74) is 4.20. The Labute approximate surface area is 157 Å².